The van der Waals surface area contributed by atoms with Crippen LogP contribution in [-0.4, -0.2) is 58.0 Å². The summed E-state index contributed by atoms with van der Waals surface area (Å²) in [6.45, 7) is -0.672. The minimum atomic E-state index is -0.994. The molecule has 3 rings (SSSR count). The zero-order valence-corrected chi connectivity index (χ0v) is 13.5. The van der Waals surface area contributed by atoms with E-state index in [9.17, 15) is 29.8 Å². The van der Waals surface area contributed by atoms with Gasteiger partial charge in [0.05, 0.1) is 23.0 Å². The van der Waals surface area contributed by atoms with Crippen LogP contribution < -0.4 is 14.8 Å². The van der Waals surface area contributed by atoms with Gasteiger partial charge in [-0.2, -0.15) is 0 Å². The molecular weight excluding hydrogens is 368 g/mol. The first-order valence-corrected chi connectivity index (χ1v) is 7.56. The number of carbonyl (C=O) groups excluding carboxylic acids is 2. The van der Waals surface area contributed by atoms with Crippen LogP contribution in [0.4, 0.5) is 17.1 Å². The molecule has 0 saturated heterocycles. The van der Waals surface area contributed by atoms with Gasteiger partial charge in [0.1, 0.15) is 24.6 Å². The maximum atomic E-state index is 12.2. The van der Waals surface area contributed by atoms with Crippen LogP contribution in [0.15, 0.2) is 17.8 Å². The van der Waals surface area contributed by atoms with Crippen LogP contribution >= 0.6 is 0 Å². The number of carbonyl (C=O) groups is 2. The van der Waals surface area contributed by atoms with Crippen molar-refractivity contribution in [2.45, 2.75) is 0 Å². The molecular formula is C14H12N4O9. The average molecular weight is 380 g/mol. The first kappa shape index (κ1) is 18.1. The van der Waals surface area contributed by atoms with Gasteiger partial charge in [-0.1, -0.05) is 0 Å². The van der Waals surface area contributed by atoms with Crippen LogP contribution in [0.25, 0.3) is 0 Å². The molecule has 13 heteroatoms. The topological polar surface area (TPSA) is 174 Å². The predicted octanol–water partition coefficient (Wildman–Crippen LogP) is -0.0689. The Hall–Kier alpha value is -3.74. The van der Waals surface area contributed by atoms with E-state index in [4.69, 9.17) is 14.6 Å². The molecule has 0 aliphatic carbocycles. The molecule has 0 aromatic heterocycles. The lowest BCUT2D eigenvalue weighted by atomic mass is 10.1. The van der Waals surface area contributed by atoms with Crippen molar-refractivity contribution in [1.29, 1.82) is 0 Å². The number of imide groups is 1. The molecule has 0 spiro atoms. The molecule has 27 heavy (non-hydrogen) atoms. The van der Waals surface area contributed by atoms with Gasteiger partial charge in [-0.05, 0) is 0 Å². The zero-order chi connectivity index (χ0) is 19.7. The summed E-state index contributed by atoms with van der Waals surface area (Å²) in [6.07, 6.45) is 0.879. The highest BCUT2D eigenvalue weighted by atomic mass is 16.6. The SMILES string of the molecule is O=C1C=C(Nc2cc3c(c([N+](=O)[O-])c2[N+](=O)[O-])OCCO3)C(=O)N1CCO. The van der Waals surface area contributed by atoms with Gasteiger partial charge in [-0.25, -0.2) is 0 Å². The summed E-state index contributed by atoms with van der Waals surface area (Å²) in [4.78, 5) is 45.6. The van der Waals surface area contributed by atoms with Crippen molar-refractivity contribution in [3.8, 4) is 11.5 Å². The highest BCUT2D eigenvalue weighted by molar-refractivity contribution is 6.17. The number of nitrogens with one attached hydrogen (secondary N) is 1. The van der Waals surface area contributed by atoms with Crippen LogP contribution in [0.2, 0.25) is 0 Å². The molecule has 2 amide bonds. The molecule has 13 nitrogen and oxygen atoms in total. The number of anilines is 1. The van der Waals surface area contributed by atoms with Crippen molar-refractivity contribution in [2.75, 3.05) is 31.7 Å². The molecule has 0 bridgehead atoms. The Morgan fingerprint density at radius 3 is 2.44 bits per heavy atom. The number of nitrogens with zero attached hydrogens (tertiary/aromatic N) is 3. The number of nitro benzene ring substituents is 2. The van der Waals surface area contributed by atoms with Gasteiger partial charge < -0.3 is 19.9 Å². The van der Waals surface area contributed by atoms with E-state index in [2.05, 4.69) is 5.32 Å². The molecule has 0 radical (unpaired) electrons. The highest BCUT2D eigenvalue weighted by Crippen LogP contribution is 2.49. The largest absolute Gasteiger partial charge is 0.486 e. The van der Waals surface area contributed by atoms with Crippen molar-refractivity contribution in [3.05, 3.63) is 38.1 Å². The third-order valence-electron chi connectivity index (χ3n) is 3.75. The minimum Gasteiger partial charge on any atom is -0.486 e. The van der Waals surface area contributed by atoms with Gasteiger partial charge in [0.25, 0.3) is 11.8 Å². The molecule has 0 atom stereocenters. The number of rotatable bonds is 6. The van der Waals surface area contributed by atoms with E-state index < -0.39 is 45.3 Å². The Labute approximate surface area is 150 Å². The minimum absolute atomic E-state index is 0.0218. The smallest absolute Gasteiger partial charge is 0.393 e. The van der Waals surface area contributed by atoms with E-state index in [0.29, 0.717) is 0 Å². The molecule has 0 saturated carbocycles. The number of aliphatic hydroxyl groups excluding tert-OH is 1. The van der Waals surface area contributed by atoms with Crippen molar-refractivity contribution >= 4 is 28.9 Å². The monoisotopic (exact) mass is 380 g/mol. The average Bonchev–Trinajstić information content (AvgIpc) is 2.88. The van der Waals surface area contributed by atoms with Crippen LogP contribution in [0.1, 0.15) is 0 Å². The first-order chi connectivity index (χ1) is 12.8. The number of hydrogen-bond acceptors (Lipinski definition) is 10. The number of aliphatic hydroxyl groups is 1. The first-order valence-electron chi connectivity index (χ1n) is 7.56. The fourth-order valence-electron chi connectivity index (χ4n) is 2.66. The standard InChI is InChI=1S/C14H12N4O9/c19-2-1-16-10(20)6-8(14(16)21)15-7-5-9-13(27-4-3-26-9)12(18(24)25)11(7)17(22)23/h5-6,15,19H,1-4H2. The van der Waals surface area contributed by atoms with Crippen LogP contribution in [0.3, 0.4) is 0 Å². The number of nitro groups is 2. The molecule has 2 N–H and O–H groups in total. The summed E-state index contributed by atoms with van der Waals surface area (Å²) in [6, 6.07) is 1.09. The lowest BCUT2D eigenvalue weighted by Gasteiger charge is -2.19. The van der Waals surface area contributed by atoms with Crippen LogP contribution in [0, 0.1) is 20.2 Å². The predicted molar refractivity (Wildman–Crippen MR) is 86.3 cm³/mol. The van der Waals surface area contributed by atoms with Crippen molar-refractivity contribution in [2.24, 2.45) is 0 Å². The number of ether oxygens (including phenoxy) is 2. The summed E-state index contributed by atoms with van der Waals surface area (Å²) in [5.74, 6) is -2.05. The summed E-state index contributed by atoms with van der Waals surface area (Å²) in [5, 5.41) is 34.2. The van der Waals surface area contributed by atoms with Gasteiger partial charge in [0, 0.05) is 12.1 Å². The van der Waals surface area contributed by atoms with Crippen molar-refractivity contribution in [1.82, 2.24) is 4.90 Å². The quantitative estimate of drug-likeness (QED) is 0.386. The van der Waals surface area contributed by atoms with E-state index in [0.717, 1.165) is 17.0 Å². The Bertz CT molecular complexity index is 895. The summed E-state index contributed by atoms with van der Waals surface area (Å²) >= 11 is 0. The van der Waals surface area contributed by atoms with Crippen molar-refractivity contribution < 1.29 is 34.0 Å². The van der Waals surface area contributed by atoms with Gasteiger partial charge in [-0.15, -0.1) is 0 Å². The molecule has 0 fully saturated rings. The number of fused-ring (bicyclic) bond motifs is 1. The number of β-amino-alcohol motifs (C(OH)–C–C–N with tert-alkyl or cyclic N) is 1. The van der Waals surface area contributed by atoms with Crippen LogP contribution in [-0.2, 0) is 9.59 Å². The lowest BCUT2D eigenvalue weighted by Crippen LogP contribution is -2.34. The van der Waals surface area contributed by atoms with E-state index in [1.807, 2.05) is 0 Å². The van der Waals surface area contributed by atoms with Gasteiger partial charge >= 0.3 is 11.4 Å². The molecule has 1 aromatic rings. The molecule has 2 heterocycles. The second-order valence-electron chi connectivity index (χ2n) is 5.36. The third-order valence-corrected chi connectivity index (χ3v) is 3.75. The van der Waals surface area contributed by atoms with E-state index in [1.165, 1.54) is 0 Å². The third kappa shape index (κ3) is 3.10. The number of amides is 2. The fourth-order valence-corrected chi connectivity index (χ4v) is 2.66. The number of benzene rings is 1. The van der Waals surface area contributed by atoms with Gasteiger partial charge in [0.2, 0.25) is 5.75 Å². The second kappa shape index (κ2) is 6.87. The Kier molecular flexibility index (Phi) is 4.60. The summed E-state index contributed by atoms with van der Waals surface area (Å²) < 4.78 is 10.4. The Balaban J connectivity index is 2.08. The zero-order valence-electron chi connectivity index (χ0n) is 13.5. The van der Waals surface area contributed by atoms with Gasteiger partial charge in [0.15, 0.2) is 5.75 Å². The van der Waals surface area contributed by atoms with E-state index in [-0.39, 0.29) is 37.0 Å². The molecule has 1 aromatic carbocycles. The summed E-state index contributed by atoms with van der Waals surface area (Å²) in [5.41, 5.74) is -2.60. The van der Waals surface area contributed by atoms with E-state index >= 15 is 0 Å². The molecule has 2 aliphatic heterocycles. The Morgan fingerprint density at radius 2 is 1.81 bits per heavy atom. The van der Waals surface area contributed by atoms with Crippen LogP contribution in [0.5, 0.6) is 11.5 Å². The van der Waals surface area contributed by atoms with E-state index in [1.54, 1.807) is 0 Å². The van der Waals surface area contributed by atoms with Crippen molar-refractivity contribution in [3.63, 3.8) is 0 Å². The molecule has 142 valence electrons. The second-order valence-corrected chi connectivity index (χ2v) is 5.36. The molecule has 2 aliphatic rings. The fraction of sp³-hybridized carbons (Fsp3) is 0.286. The lowest BCUT2D eigenvalue weighted by molar-refractivity contribution is -0.422. The number of hydrogen-bond donors (Lipinski definition) is 2. The normalized spacial score (nSPS) is 15.6. The highest BCUT2D eigenvalue weighted by Gasteiger charge is 2.40. The Morgan fingerprint density at radius 1 is 1.15 bits per heavy atom. The molecule has 0 unspecified atom stereocenters. The maximum absolute atomic E-state index is 12.2. The maximum Gasteiger partial charge on any atom is 0.393 e. The van der Waals surface area contributed by atoms with Gasteiger partial charge in [-0.3, -0.25) is 34.7 Å². The summed E-state index contributed by atoms with van der Waals surface area (Å²) in [7, 11) is 0.